The van der Waals surface area contributed by atoms with Gasteiger partial charge in [0.05, 0.1) is 0 Å². The lowest BCUT2D eigenvalue weighted by Crippen LogP contribution is -2.38. The van der Waals surface area contributed by atoms with E-state index in [0.717, 1.165) is 12.8 Å². The minimum Gasteiger partial charge on any atom is -0.338 e. The summed E-state index contributed by atoms with van der Waals surface area (Å²) in [5.41, 5.74) is 6.23. The Morgan fingerprint density at radius 1 is 1.30 bits per heavy atom. The molecular weight excluding hydrogens is 257 g/mol. The van der Waals surface area contributed by atoms with Gasteiger partial charge in [-0.2, -0.15) is 0 Å². The fourth-order valence-electron chi connectivity index (χ4n) is 2.83. The Kier molecular flexibility index (Phi) is 5.35. The molecule has 4 nitrogen and oxygen atoms in total. The molecule has 1 fully saturated rings. The number of nitrogens with two attached hydrogens (primary N) is 1. The summed E-state index contributed by atoms with van der Waals surface area (Å²) in [6.07, 6.45) is 4.69. The van der Waals surface area contributed by atoms with Gasteiger partial charge in [0.25, 0.3) is 0 Å². The molecule has 110 valence electrons. The van der Waals surface area contributed by atoms with Crippen molar-refractivity contribution in [1.82, 2.24) is 5.32 Å². The molecular formula is C15H22FN3O. The van der Waals surface area contributed by atoms with Crippen molar-refractivity contribution < 1.29 is 9.18 Å². The van der Waals surface area contributed by atoms with Gasteiger partial charge in [-0.05, 0) is 49.4 Å². The molecule has 2 unspecified atom stereocenters. The first-order chi connectivity index (χ1) is 9.69. The molecule has 0 radical (unpaired) electrons. The third-order valence-corrected chi connectivity index (χ3v) is 3.98. The topological polar surface area (TPSA) is 67.1 Å². The van der Waals surface area contributed by atoms with Crippen LogP contribution < -0.4 is 16.4 Å². The van der Waals surface area contributed by atoms with Gasteiger partial charge in [-0.1, -0.05) is 18.9 Å². The first-order valence-electron chi connectivity index (χ1n) is 7.19. The molecule has 0 bridgehead atoms. The van der Waals surface area contributed by atoms with Crippen LogP contribution in [-0.4, -0.2) is 19.1 Å². The van der Waals surface area contributed by atoms with E-state index >= 15 is 0 Å². The number of urea groups is 1. The van der Waals surface area contributed by atoms with E-state index in [4.69, 9.17) is 5.73 Å². The summed E-state index contributed by atoms with van der Waals surface area (Å²) in [5.74, 6) is 0.587. The SMILES string of the molecule is NCC1CCCCC1CNC(=O)Nc1cccc(F)c1. The lowest BCUT2D eigenvalue weighted by Gasteiger charge is -2.30. The number of hydrogen-bond acceptors (Lipinski definition) is 2. The van der Waals surface area contributed by atoms with Crippen molar-refractivity contribution in [3.8, 4) is 0 Å². The Morgan fingerprint density at radius 3 is 2.75 bits per heavy atom. The molecule has 1 aromatic rings. The van der Waals surface area contributed by atoms with E-state index in [1.54, 1.807) is 12.1 Å². The Balaban J connectivity index is 1.79. The van der Waals surface area contributed by atoms with Gasteiger partial charge in [-0.3, -0.25) is 0 Å². The smallest absolute Gasteiger partial charge is 0.319 e. The van der Waals surface area contributed by atoms with Crippen molar-refractivity contribution in [3.63, 3.8) is 0 Å². The minimum atomic E-state index is -0.363. The van der Waals surface area contributed by atoms with Crippen molar-refractivity contribution in [2.24, 2.45) is 17.6 Å². The predicted molar refractivity (Wildman–Crippen MR) is 77.9 cm³/mol. The standard InChI is InChI=1S/C15H22FN3O/c16-13-6-3-7-14(8-13)19-15(20)18-10-12-5-2-1-4-11(12)9-17/h3,6-8,11-12H,1-2,4-5,9-10,17H2,(H2,18,19,20). The van der Waals surface area contributed by atoms with Crippen LogP contribution in [0.1, 0.15) is 25.7 Å². The molecule has 1 aliphatic carbocycles. The number of benzene rings is 1. The second-order valence-electron chi connectivity index (χ2n) is 5.39. The fourth-order valence-corrected chi connectivity index (χ4v) is 2.83. The lowest BCUT2D eigenvalue weighted by atomic mass is 9.79. The van der Waals surface area contributed by atoms with Crippen molar-refractivity contribution in [2.45, 2.75) is 25.7 Å². The zero-order valence-electron chi connectivity index (χ0n) is 11.6. The van der Waals surface area contributed by atoms with Crippen LogP contribution in [0.4, 0.5) is 14.9 Å². The van der Waals surface area contributed by atoms with E-state index in [1.807, 2.05) is 0 Å². The van der Waals surface area contributed by atoms with E-state index in [1.165, 1.54) is 25.0 Å². The number of anilines is 1. The summed E-state index contributed by atoms with van der Waals surface area (Å²) in [4.78, 5) is 11.8. The third-order valence-electron chi connectivity index (χ3n) is 3.98. The van der Waals surface area contributed by atoms with Gasteiger partial charge in [0.1, 0.15) is 5.82 Å². The van der Waals surface area contributed by atoms with E-state index in [-0.39, 0.29) is 11.8 Å². The van der Waals surface area contributed by atoms with Gasteiger partial charge >= 0.3 is 6.03 Å². The van der Waals surface area contributed by atoms with Crippen LogP contribution in [0.3, 0.4) is 0 Å². The Labute approximate surface area is 118 Å². The molecule has 0 heterocycles. The van der Waals surface area contributed by atoms with E-state index in [2.05, 4.69) is 10.6 Å². The normalized spacial score (nSPS) is 22.3. The summed E-state index contributed by atoms with van der Waals surface area (Å²) in [6, 6.07) is 5.57. The van der Waals surface area contributed by atoms with Gasteiger partial charge in [0, 0.05) is 12.2 Å². The van der Waals surface area contributed by atoms with Crippen LogP contribution in [0.15, 0.2) is 24.3 Å². The molecule has 20 heavy (non-hydrogen) atoms. The van der Waals surface area contributed by atoms with Crippen LogP contribution in [0.25, 0.3) is 0 Å². The molecule has 1 aliphatic rings. The quantitative estimate of drug-likeness (QED) is 0.793. The molecule has 1 aromatic carbocycles. The zero-order valence-corrected chi connectivity index (χ0v) is 11.6. The van der Waals surface area contributed by atoms with Gasteiger partial charge in [0.15, 0.2) is 0 Å². The van der Waals surface area contributed by atoms with Gasteiger partial charge in [-0.15, -0.1) is 0 Å². The molecule has 5 heteroatoms. The monoisotopic (exact) mass is 279 g/mol. The van der Waals surface area contributed by atoms with Gasteiger partial charge in [-0.25, -0.2) is 9.18 Å². The average molecular weight is 279 g/mol. The number of halogens is 1. The van der Waals surface area contributed by atoms with Crippen LogP contribution in [0, 0.1) is 17.7 Å². The maximum absolute atomic E-state index is 13.0. The van der Waals surface area contributed by atoms with Crippen LogP contribution >= 0.6 is 0 Å². The van der Waals surface area contributed by atoms with E-state index < -0.39 is 0 Å². The molecule has 0 spiro atoms. The summed E-state index contributed by atoms with van der Waals surface area (Å²) >= 11 is 0. The molecule has 0 aromatic heterocycles. The molecule has 0 aliphatic heterocycles. The number of amides is 2. The van der Waals surface area contributed by atoms with Gasteiger partial charge < -0.3 is 16.4 Å². The third kappa shape index (κ3) is 4.20. The summed E-state index contributed by atoms with van der Waals surface area (Å²) < 4.78 is 13.0. The van der Waals surface area contributed by atoms with E-state index in [0.29, 0.717) is 30.6 Å². The van der Waals surface area contributed by atoms with Crippen LogP contribution in [0.5, 0.6) is 0 Å². The van der Waals surface area contributed by atoms with E-state index in [9.17, 15) is 9.18 Å². The largest absolute Gasteiger partial charge is 0.338 e. The maximum atomic E-state index is 13.0. The summed E-state index contributed by atoms with van der Waals surface area (Å²) in [7, 11) is 0. The van der Waals surface area contributed by atoms with Crippen molar-refractivity contribution >= 4 is 11.7 Å². The molecule has 2 atom stereocenters. The maximum Gasteiger partial charge on any atom is 0.319 e. The molecule has 2 rings (SSSR count). The van der Waals surface area contributed by atoms with Crippen LogP contribution in [-0.2, 0) is 0 Å². The highest BCUT2D eigenvalue weighted by Gasteiger charge is 2.24. The Hall–Kier alpha value is -1.62. The number of hydrogen-bond donors (Lipinski definition) is 3. The number of rotatable bonds is 4. The molecule has 4 N–H and O–H groups in total. The summed E-state index contributed by atoms with van der Waals surface area (Å²) in [6.45, 7) is 1.31. The highest BCUT2D eigenvalue weighted by Crippen LogP contribution is 2.28. The lowest BCUT2D eigenvalue weighted by molar-refractivity contribution is 0.225. The number of carbonyl (C=O) groups is 1. The zero-order chi connectivity index (χ0) is 14.4. The average Bonchev–Trinajstić information content (AvgIpc) is 2.45. The van der Waals surface area contributed by atoms with Crippen LogP contribution in [0.2, 0.25) is 0 Å². The first-order valence-corrected chi connectivity index (χ1v) is 7.19. The van der Waals surface area contributed by atoms with Gasteiger partial charge in [0.2, 0.25) is 0 Å². The van der Waals surface area contributed by atoms with Crippen molar-refractivity contribution in [1.29, 1.82) is 0 Å². The number of nitrogens with one attached hydrogen (secondary N) is 2. The Bertz CT molecular complexity index is 452. The highest BCUT2D eigenvalue weighted by atomic mass is 19.1. The second kappa shape index (κ2) is 7.24. The van der Waals surface area contributed by atoms with Crippen molar-refractivity contribution in [3.05, 3.63) is 30.1 Å². The molecule has 1 saturated carbocycles. The Morgan fingerprint density at radius 2 is 2.05 bits per heavy atom. The minimum absolute atomic E-state index is 0.294. The van der Waals surface area contributed by atoms with Crippen molar-refractivity contribution in [2.75, 3.05) is 18.4 Å². The highest BCUT2D eigenvalue weighted by molar-refractivity contribution is 5.89. The molecule has 2 amide bonds. The second-order valence-corrected chi connectivity index (χ2v) is 5.39. The molecule has 0 saturated heterocycles. The number of carbonyl (C=O) groups excluding carboxylic acids is 1. The predicted octanol–water partition coefficient (Wildman–Crippen LogP) is 2.71. The first kappa shape index (κ1) is 14.8. The fraction of sp³-hybridized carbons (Fsp3) is 0.533. The summed E-state index contributed by atoms with van der Waals surface area (Å²) in [5, 5.41) is 5.49.